The lowest BCUT2D eigenvalue weighted by Gasteiger charge is -2.10. The van der Waals surface area contributed by atoms with Crippen molar-refractivity contribution < 1.29 is 0 Å². The summed E-state index contributed by atoms with van der Waals surface area (Å²) in [5.41, 5.74) is 0.952. The third-order valence-electron chi connectivity index (χ3n) is 3.52. The van der Waals surface area contributed by atoms with Crippen LogP contribution in [0.15, 0.2) is 27.5 Å². The summed E-state index contributed by atoms with van der Waals surface area (Å²) in [7, 11) is 0. The van der Waals surface area contributed by atoms with Crippen molar-refractivity contribution in [3.63, 3.8) is 0 Å². The van der Waals surface area contributed by atoms with Crippen molar-refractivity contribution in [3.8, 4) is 0 Å². The monoisotopic (exact) mass is 292 g/mol. The Kier molecular flexibility index (Phi) is 2.74. The fourth-order valence-electron chi connectivity index (χ4n) is 2.67. The number of nitrogens with zero attached hydrogens (tertiary/aromatic N) is 1. The summed E-state index contributed by atoms with van der Waals surface area (Å²) in [5.74, 6) is 0.510. The van der Waals surface area contributed by atoms with Crippen molar-refractivity contribution in [2.45, 2.75) is 31.6 Å². The lowest BCUT2D eigenvalue weighted by atomic mass is 9.99. The molecule has 88 valence electrons. The van der Waals surface area contributed by atoms with Gasteiger partial charge in [0.25, 0.3) is 5.56 Å². The Morgan fingerprint density at radius 3 is 2.76 bits per heavy atom. The Morgan fingerprint density at radius 1 is 1.24 bits per heavy atom. The zero-order chi connectivity index (χ0) is 11.8. The van der Waals surface area contributed by atoms with Crippen molar-refractivity contribution in [2.24, 2.45) is 0 Å². The minimum absolute atomic E-state index is 0.108. The Morgan fingerprint density at radius 2 is 2.00 bits per heavy atom. The van der Waals surface area contributed by atoms with Crippen LogP contribution in [0.2, 0.25) is 0 Å². The zero-order valence-corrected chi connectivity index (χ0v) is 11.0. The van der Waals surface area contributed by atoms with Crippen molar-refractivity contribution in [1.29, 1.82) is 0 Å². The molecule has 0 amide bonds. The maximum absolute atomic E-state index is 11.8. The van der Waals surface area contributed by atoms with Gasteiger partial charge < -0.3 is 0 Å². The average Bonchev–Trinajstić information content (AvgIpc) is 2.84. The van der Waals surface area contributed by atoms with Crippen LogP contribution in [0.5, 0.6) is 0 Å². The van der Waals surface area contributed by atoms with E-state index in [1.807, 2.05) is 18.2 Å². The van der Waals surface area contributed by atoms with Crippen LogP contribution in [0.25, 0.3) is 10.8 Å². The SMILES string of the molecule is O=c1[nH]nc(C2CCCC2)c2ccc(Br)cc12. The molecule has 0 bridgehead atoms. The largest absolute Gasteiger partial charge is 0.272 e. The molecular formula is C13H13BrN2O. The predicted molar refractivity (Wildman–Crippen MR) is 71.3 cm³/mol. The average molecular weight is 293 g/mol. The van der Waals surface area contributed by atoms with Gasteiger partial charge in [0.05, 0.1) is 11.1 Å². The highest BCUT2D eigenvalue weighted by Gasteiger charge is 2.21. The second kappa shape index (κ2) is 4.26. The van der Waals surface area contributed by atoms with E-state index in [4.69, 9.17) is 0 Å². The summed E-state index contributed by atoms with van der Waals surface area (Å²) < 4.78 is 0.930. The first kappa shape index (κ1) is 11.0. The van der Waals surface area contributed by atoms with Crippen LogP contribution in [-0.2, 0) is 0 Å². The van der Waals surface area contributed by atoms with Crippen LogP contribution in [0.4, 0.5) is 0 Å². The molecule has 2 aromatic rings. The van der Waals surface area contributed by atoms with Crippen LogP contribution >= 0.6 is 15.9 Å². The molecule has 3 nitrogen and oxygen atoms in total. The smallest absolute Gasteiger partial charge is 0.267 e. The van der Waals surface area contributed by atoms with E-state index in [0.29, 0.717) is 5.92 Å². The summed E-state index contributed by atoms with van der Waals surface area (Å²) >= 11 is 3.40. The van der Waals surface area contributed by atoms with E-state index in [0.717, 1.165) is 20.9 Å². The second-order valence-corrected chi connectivity index (χ2v) is 5.52. The molecule has 1 aromatic carbocycles. The molecule has 1 N–H and O–H groups in total. The minimum atomic E-state index is -0.108. The standard InChI is InChI=1S/C13H13BrN2O/c14-9-5-6-10-11(7-9)13(17)16-15-12(10)8-3-1-2-4-8/h5-8H,1-4H2,(H,16,17). The maximum atomic E-state index is 11.8. The molecule has 17 heavy (non-hydrogen) atoms. The number of halogens is 1. The fraction of sp³-hybridized carbons (Fsp3) is 0.385. The highest BCUT2D eigenvalue weighted by Crippen LogP contribution is 2.35. The maximum Gasteiger partial charge on any atom is 0.272 e. The van der Waals surface area contributed by atoms with Gasteiger partial charge >= 0.3 is 0 Å². The number of hydrogen-bond acceptors (Lipinski definition) is 2. The molecule has 0 unspecified atom stereocenters. The van der Waals surface area contributed by atoms with Gasteiger partial charge in [0.1, 0.15) is 0 Å². The molecular weight excluding hydrogens is 280 g/mol. The normalized spacial score (nSPS) is 16.8. The number of fused-ring (bicyclic) bond motifs is 1. The summed E-state index contributed by atoms with van der Waals surface area (Å²) in [6.45, 7) is 0. The summed E-state index contributed by atoms with van der Waals surface area (Å²) in [4.78, 5) is 11.8. The molecule has 3 rings (SSSR count). The number of rotatable bonds is 1. The Hall–Kier alpha value is -1.16. The van der Waals surface area contributed by atoms with E-state index in [-0.39, 0.29) is 5.56 Å². The van der Waals surface area contributed by atoms with Gasteiger partial charge in [0.2, 0.25) is 0 Å². The molecule has 1 aliphatic rings. The second-order valence-electron chi connectivity index (χ2n) is 4.61. The number of hydrogen-bond donors (Lipinski definition) is 1. The van der Waals surface area contributed by atoms with Gasteiger partial charge in [0, 0.05) is 15.8 Å². The molecule has 0 radical (unpaired) electrons. The van der Waals surface area contributed by atoms with Crippen molar-refractivity contribution in [1.82, 2.24) is 10.2 Å². The third-order valence-corrected chi connectivity index (χ3v) is 4.02. The van der Waals surface area contributed by atoms with Gasteiger partial charge in [-0.1, -0.05) is 34.8 Å². The quantitative estimate of drug-likeness (QED) is 0.876. The zero-order valence-electron chi connectivity index (χ0n) is 9.37. The fourth-order valence-corrected chi connectivity index (χ4v) is 3.03. The molecule has 0 spiro atoms. The first-order chi connectivity index (χ1) is 8.25. The first-order valence-corrected chi connectivity index (χ1v) is 6.73. The number of benzene rings is 1. The molecule has 1 fully saturated rings. The van der Waals surface area contributed by atoms with E-state index in [1.165, 1.54) is 25.7 Å². The van der Waals surface area contributed by atoms with Crippen LogP contribution in [0.1, 0.15) is 37.3 Å². The molecule has 4 heteroatoms. The van der Waals surface area contributed by atoms with Crippen molar-refractivity contribution in [2.75, 3.05) is 0 Å². The lowest BCUT2D eigenvalue weighted by molar-refractivity contribution is 0.687. The predicted octanol–water partition coefficient (Wildman–Crippen LogP) is 3.34. The first-order valence-electron chi connectivity index (χ1n) is 5.93. The molecule has 0 aliphatic heterocycles. The van der Waals surface area contributed by atoms with Crippen LogP contribution in [0.3, 0.4) is 0 Å². The molecule has 1 aliphatic carbocycles. The van der Waals surface area contributed by atoms with Crippen molar-refractivity contribution in [3.05, 3.63) is 38.7 Å². The Bertz CT molecular complexity index is 614. The van der Waals surface area contributed by atoms with Crippen LogP contribution < -0.4 is 5.56 Å². The molecule has 1 aromatic heterocycles. The summed E-state index contributed by atoms with van der Waals surface area (Å²) in [5, 5.41) is 8.62. The van der Waals surface area contributed by atoms with Gasteiger partial charge in [-0.25, -0.2) is 5.10 Å². The van der Waals surface area contributed by atoms with Gasteiger partial charge in [-0.05, 0) is 25.0 Å². The molecule has 1 heterocycles. The molecule has 1 saturated carbocycles. The van der Waals surface area contributed by atoms with Gasteiger partial charge in [0.15, 0.2) is 0 Å². The van der Waals surface area contributed by atoms with E-state index < -0.39 is 0 Å². The van der Waals surface area contributed by atoms with Gasteiger partial charge in [-0.2, -0.15) is 5.10 Å². The highest BCUT2D eigenvalue weighted by molar-refractivity contribution is 9.10. The van der Waals surface area contributed by atoms with E-state index >= 15 is 0 Å². The Balaban J connectivity index is 2.25. The minimum Gasteiger partial charge on any atom is -0.267 e. The van der Waals surface area contributed by atoms with Gasteiger partial charge in [-0.3, -0.25) is 4.79 Å². The topological polar surface area (TPSA) is 45.8 Å². The van der Waals surface area contributed by atoms with E-state index in [2.05, 4.69) is 26.1 Å². The number of nitrogens with one attached hydrogen (secondary N) is 1. The van der Waals surface area contributed by atoms with E-state index in [9.17, 15) is 4.79 Å². The number of H-pyrrole nitrogens is 1. The molecule has 0 atom stereocenters. The van der Waals surface area contributed by atoms with E-state index in [1.54, 1.807) is 0 Å². The number of aromatic amines is 1. The third kappa shape index (κ3) is 1.90. The van der Waals surface area contributed by atoms with Gasteiger partial charge in [-0.15, -0.1) is 0 Å². The lowest BCUT2D eigenvalue weighted by Crippen LogP contribution is -2.12. The highest BCUT2D eigenvalue weighted by atomic mass is 79.9. The van der Waals surface area contributed by atoms with Crippen molar-refractivity contribution >= 4 is 26.7 Å². The van der Waals surface area contributed by atoms with Crippen LogP contribution in [-0.4, -0.2) is 10.2 Å². The molecule has 0 saturated heterocycles. The number of aromatic nitrogens is 2. The summed E-state index contributed by atoms with van der Waals surface area (Å²) in [6.07, 6.45) is 4.90. The Labute approximate surface area is 107 Å². The summed E-state index contributed by atoms with van der Waals surface area (Å²) in [6, 6.07) is 5.84. The van der Waals surface area contributed by atoms with Crippen LogP contribution in [0, 0.1) is 0 Å².